The smallest absolute Gasteiger partial charge is 0.271 e. The molecule has 1 amide bonds. The van der Waals surface area contributed by atoms with Gasteiger partial charge in [0, 0.05) is 38.6 Å². The Morgan fingerprint density at radius 2 is 2.13 bits per heavy atom. The second-order valence-electron chi connectivity index (χ2n) is 5.72. The monoisotopic (exact) mass is 312 g/mol. The van der Waals surface area contributed by atoms with Gasteiger partial charge in [0.2, 0.25) is 0 Å². The summed E-state index contributed by atoms with van der Waals surface area (Å²) in [7, 11) is 0. The van der Waals surface area contributed by atoms with Crippen LogP contribution in [0.4, 0.5) is 0 Å². The van der Waals surface area contributed by atoms with Crippen LogP contribution in [-0.2, 0) is 13.1 Å². The molecule has 0 bridgehead atoms. The summed E-state index contributed by atoms with van der Waals surface area (Å²) in [6.45, 7) is 2.85. The molecule has 1 aromatic carbocycles. The van der Waals surface area contributed by atoms with Crippen molar-refractivity contribution >= 4 is 5.91 Å². The molecule has 120 valence electrons. The van der Waals surface area contributed by atoms with Crippen molar-refractivity contribution in [2.75, 3.05) is 13.1 Å². The Morgan fingerprint density at radius 3 is 2.83 bits per heavy atom. The summed E-state index contributed by atoms with van der Waals surface area (Å²) in [5.41, 5.74) is 2.56. The third kappa shape index (κ3) is 4.12. The first-order valence-corrected chi connectivity index (χ1v) is 7.74. The molecule has 2 aromatic rings. The number of nitrogens with one attached hydrogen (secondary N) is 1. The number of likely N-dealkylation sites (tertiary alicyclic amines) is 1. The normalized spacial score (nSPS) is 18.0. The number of hydrogen-bond donors (Lipinski definition) is 2. The van der Waals surface area contributed by atoms with Crippen molar-refractivity contribution in [2.45, 2.75) is 25.6 Å². The van der Waals surface area contributed by atoms with Gasteiger partial charge in [0.15, 0.2) is 0 Å². The van der Waals surface area contributed by atoms with E-state index in [9.17, 15) is 9.90 Å². The van der Waals surface area contributed by atoms with Gasteiger partial charge in [0.25, 0.3) is 5.91 Å². The van der Waals surface area contributed by atoms with E-state index in [1.165, 1.54) is 24.2 Å². The van der Waals surface area contributed by atoms with Gasteiger partial charge in [-0.25, -0.2) is 4.98 Å². The summed E-state index contributed by atoms with van der Waals surface area (Å²) >= 11 is 0. The van der Waals surface area contributed by atoms with Crippen LogP contribution in [-0.4, -0.2) is 45.1 Å². The number of aromatic nitrogens is 2. The molecule has 23 heavy (non-hydrogen) atoms. The fourth-order valence-electron chi connectivity index (χ4n) is 2.76. The van der Waals surface area contributed by atoms with Crippen molar-refractivity contribution in [1.82, 2.24) is 20.2 Å². The summed E-state index contributed by atoms with van der Waals surface area (Å²) in [5, 5.41) is 12.5. The number of aliphatic hydroxyl groups is 1. The van der Waals surface area contributed by atoms with E-state index in [-0.39, 0.29) is 12.0 Å². The molecule has 2 heterocycles. The number of amides is 1. The summed E-state index contributed by atoms with van der Waals surface area (Å²) < 4.78 is 0. The minimum absolute atomic E-state index is 0.224. The van der Waals surface area contributed by atoms with E-state index in [0.717, 1.165) is 25.1 Å². The minimum atomic E-state index is -0.232. The number of carbonyl (C=O) groups excluding carboxylic acids is 1. The Hall–Kier alpha value is -2.31. The van der Waals surface area contributed by atoms with Gasteiger partial charge >= 0.3 is 0 Å². The van der Waals surface area contributed by atoms with E-state index >= 15 is 0 Å². The van der Waals surface area contributed by atoms with Crippen LogP contribution in [0.5, 0.6) is 0 Å². The van der Waals surface area contributed by atoms with Crippen molar-refractivity contribution in [2.24, 2.45) is 0 Å². The van der Waals surface area contributed by atoms with Crippen LogP contribution in [0.3, 0.4) is 0 Å². The van der Waals surface area contributed by atoms with Crippen LogP contribution in [0.25, 0.3) is 0 Å². The van der Waals surface area contributed by atoms with Crippen LogP contribution in [0.2, 0.25) is 0 Å². The van der Waals surface area contributed by atoms with Gasteiger partial charge < -0.3 is 10.4 Å². The Bertz CT molecular complexity index is 663. The van der Waals surface area contributed by atoms with Crippen LogP contribution >= 0.6 is 0 Å². The zero-order valence-electron chi connectivity index (χ0n) is 12.9. The molecule has 2 N–H and O–H groups in total. The average molecular weight is 312 g/mol. The fraction of sp³-hybridized carbons (Fsp3) is 0.353. The summed E-state index contributed by atoms with van der Waals surface area (Å²) in [6.07, 6.45) is 5.09. The molecule has 1 aromatic heterocycles. The quantitative estimate of drug-likeness (QED) is 0.860. The van der Waals surface area contributed by atoms with Crippen molar-refractivity contribution in [3.8, 4) is 0 Å². The maximum atomic E-state index is 12.1. The fourth-order valence-corrected chi connectivity index (χ4v) is 2.76. The topological polar surface area (TPSA) is 78.4 Å². The number of aliphatic hydroxyl groups excluding tert-OH is 1. The van der Waals surface area contributed by atoms with Crippen LogP contribution in [0, 0.1) is 0 Å². The highest BCUT2D eigenvalue weighted by Crippen LogP contribution is 2.16. The second-order valence-corrected chi connectivity index (χ2v) is 5.72. The molecule has 1 saturated heterocycles. The highest BCUT2D eigenvalue weighted by Gasteiger charge is 2.20. The molecule has 1 aliphatic heterocycles. The molecule has 3 rings (SSSR count). The predicted octanol–water partition coefficient (Wildman–Crippen LogP) is 0.973. The predicted molar refractivity (Wildman–Crippen MR) is 85.5 cm³/mol. The molecular formula is C17H20N4O2. The molecule has 6 heteroatoms. The van der Waals surface area contributed by atoms with Crippen LogP contribution in [0.1, 0.15) is 28.0 Å². The molecule has 1 atom stereocenters. The molecule has 0 saturated carbocycles. The zero-order chi connectivity index (χ0) is 16.1. The third-order valence-corrected chi connectivity index (χ3v) is 4.00. The number of hydrogen-bond acceptors (Lipinski definition) is 5. The van der Waals surface area contributed by atoms with Gasteiger partial charge in [-0.15, -0.1) is 0 Å². The van der Waals surface area contributed by atoms with Crippen molar-refractivity contribution in [3.63, 3.8) is 0 Å². The maximum Gasteiger partial charge on any atom is 0.271 e. The Balaban J connectivity index is 1.63. The SMILES string of the molecule is O=C(NCc1ccccc1CN1CCC(O)C1)c1cnccn1. The molecule has 1 unspecified atom stereocenters. The molecule has 0 aliphatic carbocycles. The lowest BCUT2D eigenvalue weighted by atomic mass is 10.1. The molecule has 0 radical (unpaired) electrons. The van der Waals surface area contributed by atoms with Gasteiger partial charge in [-0.05, 0) is 17.5 Å². The maximum absolute atomic E-state index is 12.1. The second kappa shape index (κ2) is 7.30. The lowest BCUT2D eigenvalue weighted by Crippen LogP contribution is -2.26. The van der Waals surface area contributed by atoms with Gasteiger partial charge in [0.1, 0.15) is 5.69 Å². The lowest BCUT2D eigenvalue weighted by Gasteiger charge is -2.18. The molecule has 6 nitrogen and oxygen atoms in total. The van der Waals surface area contributed by atoms with Crippen molar-refractivity contribution in [3.05, 3.63) is 59.7 Å². The first-order valence-electron chi connectivity index (χ1n) is 7.74. The molecule has 1 aliphatic rings. The van der Waals surface area contributed by atoms with Gasteiger partial charge in [-0.2, -0.15) is 0 Å². The van der Waals surface area contributed by atoms with E-state index in [2.05, 4.69) is 26.3 Å². The highest BCUT2D eigenvalue weighted by molar-refractivity contribution is 5.91. The molecule has 1 fully saturated rings. The minimum Gasteiger partial charge on any atom is -0.392 e. The number of rotatable bonds is 5. The van der Waals surface area contributed by atoms with E-state index in [4.69, 9.17) is 0 Å². The zero-order valence-corrected chi connectivity index (χ0v) is 12.9. The Labute approximate surface area is 135 Å². The first kappa shape index (κ1) is 15.6. The number of carbonyl (C=O) groups is 1. The summed E-state index contributed by atoms with van der Waals surface area (Å²) in [4.78, 5) is 22.2. The van der Waals surface area contributed by atoms with Crippen LogP contribution in [0.15, 0.2) is 42.9 Å². The molecule has 0 spiro atoms. The van der Waals surface area contributed by atoms with Crippen molar-refractivity contribution in [1.29, 1.82) is 0 Å². The third-order valence-electron chi connectivity index (χ3n) is 4.00. The lowest BCUT2D eigenvalue weighted by molar-refractivity contribution is 0.0945. The van der Waals surface area contributed by atoms with E-state index in [1.807, 2.05) is 18.2 Å². The van der Waals surface area contributed by atoms with E-state index in [0.29, 0.717) is 18.8 Å². The van der Waals surface area contributed by atoms with Gasteiger partial charge in [0.05, 0.1) is 12.3 Å². The average Bonchev–Trinajstić information content (AvgIpc) is 2.99. The Morgan fingerprint density at radius 1 is 1.30 bits per heavy atom. The van der Waals surface area contributed by atoms with Crippen molar-refractivity contribution < 1.29 is 9.90 Å². The van der Waals surface area contributed by atoms with Gasteiger partial charge in [-0.3, -0.25) is 14.7 Å². The largest absolute Gasteiger partial charge is 0.392 e. The first-order chi connectivity index (χ1) is 11.2. The van der Waals surface area contributed by atoms with Gasteiger partial charge in [-0.1, -0.05) is 24.3 Å². The van der Waals surface area contributed by atoms with E-state index in [1.54, 1.807) is 0 Å². The number of benzene rings is 1. The van der Waals surface area contributed by atoms with Crippen LogP contribution < -0.4 is 5.32 Å². The highest BCUT2D eigenvalue weighted by atomic mass is 16.3. The summed E-state index contributed by atoms with van der Waals surface area (Å²) in [6, 6.07) is 8.04. The van der Waals surface area contributed by atoms with E-state index < -0.39 is 0 Å². The summed E-state index contributed by atoms with van der Waals surface area (Å²) in [5.74, 6) is -0.232. The molecular weight excluding hydrogens is 292 g/mol. The number of β-amino-alcohol motifs (C(OH)–C–C–N with tert-alkyl or cyclic N) is 1. The Kier molecular flexibility index (Phi) is 4.95. The standard InChI is InChI=1S/C17H20N4O2/c22-15-5-8-21(12-15)11-14-4-2-1-3-13(14)9-20-17(23)16-10-18-6-7-19-16/h1-4,6-7,10,15,22H,5,8-9,11-12H2,(H,20,23). The number of nitrogens with zero attached hydrogens (tertiary/aromatic N) is 3.